The third kappa shape index (κ3) is 13.7. The Bertz CT molecular complexity index is 3760. The van der Waals surface area contributed by atoms with Gasteiger partial charge in [0.15, 0.2) is 0 Å². The summed E-state index contributed by atoms with van der Waals surface area (Å²) in [6, 6.07) is 27.4. The predicted molar refractivity (Wildman–Crippen MR) is 310 cm³/mol. The van der Waals surface area contributed by atoms with Gasteiger partial charge in [0.1, 0.15) is 18.7 Å². The molecule has 0 radical (unpaired) electrons. The minimum Gasteiger partial charge on any atom is -0.445 e. The topological polar surface area (TPSA) is 327 Å². The second kappa shape index (κ2) is 26.8. The number of benzene rings is 6. The van der Waals surface area contributed by atoms with Gasteiger partial charge in [-0.3, -0.25) is 78.1 Å². The molecule has 0 fully saturated rings. The number of hydrogen-bond donors (Lipinski definition) is 4. The summed E-state index contributed by atoms with van der Waals surface area (Å²) in [5.41, 5.74) is 1.28. The van der Waals surface area contributed by atoms with Crippen molar-refractivity contribution in [3.8, 4) is 0 Å². The quantitative estimate of drug-likeness (QED) is 0.0200. The SMILES string of the molecule is CC(NC(=O)CCCCCN1C(=O)C=CC1=O)C(=O)NC(Cc1ccccc1)C(=O)Nc1ccc(COC(=O)N(CCCNCCN2C(=O)c3cccc4cc([N+](=O)[O-])cc(c34)C2=O)CCN2C(=O)c3cccc4cc([N+](=O)[O-])cc(c34)C2=O)cc1. The summed E-state index contributed by atoms with van der Waals surface area (Å²) >= 11 is 0. The van der Waals surface area contributed by atoms with E-state index in [1.54, 1.807) is 84.9 Å². The predicted octanol–water partition coefficient (Wildman–Crippen LogP) is 5.98. The molecule has 3 aliphatic heterocycles. The van der Waals surface area contributed by atoms with Crippen molar-refractivity contribution in [2.75, 3.05) is 51.1 Å². The van der Waals surface area contributed by atoms with E-state index in [0.29, 0.717) is 46.7 Å². The molecule has 6 aromatic rings. The summed E-state index contributed by atoms with van der Waals surface area (Å²) in [6.45, 7) is 1.15. The van der Waals surface area contributed by atoms with Crippen molar-refractivity contribution in [3.63, 3.8) is 0 Å². The molecular weight excluding hydrogens is 1110 g/mol. The second-order valence-corrected chi connectivity index (χ2v) is 20.7. The number of anilines is 1. The maximum Gasteiger partial charge on any atom is 0.410 e. The standard InChI is InChI=1S/C61H58N10O15/c1-37(63-50(72)17-6-3-7-27-67-51(73)22-23-52(67)74)55(75)65-49(31-38-11-4-2-5-12-38)56(76)64-42-20-18-39(19-21-42)36-86-61(81)66(29-30-69-58(78)46-16-9-14-41-33-44(71(84)85)35-48(54(41)46)60(69)80)26-10-24-62-25-28-68-57(77)45-15-8-13-40-32-43(70(82)83)34-47(53(40)45)59(68)79/h2,4-5,8-9,11-16,18-23,32-35,37,49,62H,3,6-7,10,17,24-31,36H2,1H3,(H,63,72)(H,64,76)(H,65,75). The van der Waals surface area contributed by atoms with Crippen molar-refractivity contribution >= 4 is 97.9 Å². The number of unbranched alkanes of at least 4 members (excludes halogenated alkanes) is 2. The highest BCUT2D eigenvalue weighted by Crippen LogP contribution is 2.35. The van der Waals surface area contributed by atoms with Gasteiger partial charge in [-0.25, -0.2) is 4.79 Å². The Morgan fingerprint density at radius 2 is 1.15 bits per heavy atom. The third-order valence-corrected chi connectivity index (χ3v) is 14.8. The van der Waals surface area contributed by atoms with Crippen molar-refractivity contribution in [1.82, 2.24) is 35.6 Å². The van der Waals surface area contributed by atoms with Crippen LogP contribution in [0.1, 0.15) is 91.6 Å². The molecule has 4 N–H and O–H groups in total. The van der Waals surface area contributed by atoms with Gasteiger partial charge in [-0.1, -0.05) is 73.2 Å². The first-order chi connectivity index (χ1) is 41.4. The molecule has 442 valence electrons. The highest BCUT2D eigenvalue weighted by Gasteiger charge is 2.37. The largest absolute Gasteiger partial charge is 0.445 e. The highest BCUT2D eigenvalue weighted by atomic mass is 16.6. The van der Waals surface area contributed by atoms with E-state index in [4.69, 9.17) is 4.74 Å². The first-order valence-electron chi connectivity index (χ1n) is 27.7. The van der Waals surface area contributed by atoms with Crippen LogP contribution in [0.4, 0.5) is 21.9 Å². The van der Waals surface area contributed by atoms with Crippen LogP contribution < -0.4 is 21.3 Å². The second-order valence-electron chi connectivity index (χ2n) is 20.7. The molecule has 6 aromatic carbocycles. The highest BCUT2D eigenvalue weighted by molar-refractivity contribution is 6.27. The Labute approximate surface area is 490 Å². The number of non-ortho nitro benzene ring substituents is 2. The Morgan fingerprint density at radius 3 is 1.74 bits per heavy atom. The van der Waals surface area contributed by atoms with Gasteiger partial charge in [0.2, 0.25) is 17.7 Å². The summed E-state index contributed by atoms with van der Waals surface area (Å²) in [6.07, 6.45) is 3.56. The van der Waals surface area contributed by atoms with Crippen LogP contribution >= 0.6 is 0 Å². The number of carbonyl (C=O) groups excluding carboxylic acids is 10. The van der Waals surface area contributed by atoms with Crippen LogP contribution in [0.25, 0.3) is 21.5 Å². The zero-order valence-corrected chi connectivity index (χ0v) is 46.5. The molecule has 86 heavy (non-hydrogen) atoms. The lowest BCUT2D eigenvalue weighted by Crippen LogP contribution is -2.52. The van der Waals surface area contributed by atoms with E-state index in [1.807, 2.05) is 0 Å². The molecule has 0 aromatic heterocycles. The van der Waals surface area contributed by atoms with Gasteiger partial charge in [-0.15, -0.1) is 0 Å². The number of carbonyl (C=O) groups is 10. The molecule has 0 saturated heterocycles. The number of rotatable bonds is 27. The first-order valence-corrected chi connectivity index (χ1v) is 27.7. The number of imide groups is 3. The maximum atomic E-state index is 14.0. The molecule has 0 spiro atoms. The van der Waals surface area contributed by atoms with Gasteiger partial charge in [0.05, 0.1) is 21.0 Å². The Hall–Kier alpha value is -10.6. The number of nitro groups is 2. The lowest BCUT2D eigenvalue weighted by Gasteiger charge is -2.30. The van der Waals surface area contributed by atoms with Gasteiger partial charge in [-0.05, 0) is 78.9 Å². The van der Waals surface area contributed by atoms with Gasteiger partial charge in [0, 0.05) is 116 Å². The number of nitrogens with zero attached hydrogens (tertiary/aromatic N) is 6. The van der Waals surface area contributed by atoms with E-state index in [-0.39, 0.29) is 123 Å². The molecule has 3 aliphatic rings. The van der Waals surface area contributed by atoms with E-state index in [9.17, 15) is 68.2 Å². The summed E-state index contributed by atoms with van der Waals surface area (Å²) in [5.74, 6) is -5.03. The molecule has 2 unspecified atom stereocenters. The Balaban J connectivity index is 0.808. The summed E-state index contributed by atoms with van der Waals surface area (Å²) in [4.78, 5) is 159. The van der Waals surface area contributed by atoms with E-state index in [1.165, 1.54) is 42.2 Å². The fourth-order valence-corrected chi connectivity index (χ4v) is 10.4. The molecule has 0 bridgehead atoms. The minimum absolute atomic E-state index is 0.00419. The minimum atomic E-state index is -1.08. The van der Waals surface area contributed by atoms with Crippen LogP contribution in [-0.2, 0) is 41.7 Å². The summed E-state index contributed by atoms with van der Waals surface area (Å²) in [7, 11) is 0. The zero-order chi connectivity index (χ0) is 61.2. The third-order valence-electron chi connectivity index (χ3n) is 14.8. The van der Waals surface area contributed by atoms with Crippen molar-refractivity contribution in [3.05, 3.63) is 181 Å². The lowest BCUT2D eigenvalue weighted by atomic mass is 9.93. The fraction of sp³-hybridized carbons (Fsp3) is 0.279. The average Bonchev–Trinajstić information content (AvgIpc) is 1.35. The summed E-state index contributed by atoms with van der Waals surface area (Å²) < 4.78 is 5.75. The number of hydrogen-bond acceptors (Lipinski definition) is 16. The Morgan fingerprint density at radius 1 is 0.570 bits per heavy atom. The van der Waals surface area contributed by atoms with Gasteiger partial charge in [0.25, 0.3) is 46.8 Å². The van der Waals surface area contributed by atoms with Crippen LogP contribution in [0.5, 0.6) is 0 Å². The van der Waals surface area contributed by atoms with Gasteiger partial charge >= 0.3 is 6.09 Å². The molecule has 25 nitrogen and oxygen atoms in total. The summed E-state index contributed by atoms with van der Waals surface area (Å²) in [5, 5.41) is 36.2. The molecule has 9 rings (SSSR count). The molecular formula is C61H58N10O15. The van der Waals surface area contributed by atoms with E-state index in [2.05, 4.69) is 21.3 Å². The van der Waals surface area contributed by atoms with Crippen LogP contribution in [-0.4, -0.2) is 147 Å². The molecule has 3 heterocycles. The smallest absolute Gasteiger partial charge is 0.410 e. The molecule has 2 atom stereocenters. The number of ether oxygens (including phenoxy) is 1. The number of nitro benzene ring substituents is 2. The van der Waals surface area contributed by atoms with Crippen molar-refractivity contribution in [2.45, 2.75) is 64.1 Å². The van der Waals surface area contributed by atoms with Crippen LogP contribution in [0, 0.1) is 20.2 Å². The fourth-order valence-electron chi connectivity index (χ4n) is 10.4. The maximum absolute atomic E-state index is 14.0. The van der Waals surface area contributed by atoms with E-state index in [0.717, 1.165) is 32.4 Å². The monoisotopic (exact) mass is 1170 g/mol. The number of nitrogens with one attached hydrogen (secondary N) is 4. The van der Waals surface area contributed by atoms with Crippen molar-refractivity contribution < 1.29 is 62.5 Å². The zero-order valence-electron chi connectivity index (χ0n) is 46.5. The van der Waals surface area contributed by atoms with Crippen LogP contribution in [0.15, 0.2) is 127 Å². The molecule has 10 amide bonds. The Kier molecular flexibility index (Phi) is 18.7. The van der Waals surface area contributed by atoms with Crippen LogP contribution in [0.2, 0.25) is 0 Å². The van der Waals surface area contributed by atoms with Crippen molar-refractivity contribution in [2.24, 2.45) is 0 Å². The molecule has 0 aliphatic carbocycles. The van der Waals surface area contributed by atoms with Gasteiger partial charge < -0.3 is 30.9 Å². The first kappa shape index (κ1) is 60.0. The van der Waals surface area contributed by atoms with E-state index < -0.39 is 69.4 Å². The molecule has 0 saturated carbocycles. The normalized spacial score (nSPS) is 14.2. The van der Waals surface area contributed by atoms with E-state index >= 15 is 0 Å². The van der Waals surface area contributed by atoms with Gasteiger partial charge in [-0.2, -0.15) is 0 Å². The molecule has 25 heteroatoms. The van der Waals surface area contributed by atoms with Crippen LogP contribution in [0.3, 0.4) is 0 Å². The van der Waals surface area contributed by atoms with Crippen molar-refractivity contribution in [1.29, 1.82) is 0 Å². The average molecular weight is 1170 g/mol. The lowest BCUT2D eigenvalue weighted by molar-refractivity contribution is -0.384. The number of amides is 10.